The van der Waals surface area contributed by atoms with Crippen LogP contribution in [0.4, 0.5) is 5.82 Å². The van der Waals surface area contributed by atoms with E-state index in [-0.39, 0.29) is 24.3 Å². The quantitative estimate of drug-likeness (QED) is 0.748. The molecule has 1 aromatic heterocycles. The zero-order valence-corrected chi connectivity index (χ0v) is 15.5. The molecule has 138 valence electrons. The maximum atomic E-state index is 12.4. The van der Waals surface area contributed by atoms with Crippen molar-refractivity contribution >= 4 is 29.2 Å². The Morgan fingerprint density at radius 2 is 2.19 bits per heavy atom. The summed E-state index contributed by atoms with van der Waals surface area (Å²) in [5, 5.41) is 14.0. The van der Waals surface area contributed by atoms with Crippen LogP contribution in [0.25, 0.3) is 0 Å². The molecule has 0 radical (unpaired) electrons. The SMILES string of the molecule is CCC1CC(=O)NC(n2nc(C)cc2NC(=O)Cc2ccccc2Cl)N1. The molecule has 0 bridgehead atoms. The van der Waals surface area contributed by atoms with Gasteiger partial charge in [0.05, 0.1) is 12.1 Å². The van der Waals surface area contributed by atoms with Gasteiger partial charge in [-0.2, -0.15) is 5.10 Å². The van der Waals surface area contributed by atoms with Crippen molar-refractivity contribution in [3.8, 4) is 0 Å². The average molecular weight is 376 g/mol. The second kappa shape index (κ2) is 7.88. The maximum absolute atomic E-state index is 12.4. The smallest absolute Gasteiger partial charge is 0.229 e. The molecule has 1 aliphatic heterocycles. The first-order valence-corrected chi connectivity index (χ1v) is 8.99. The fourth-order valence-electron chi connectivity index (χ4n) is 2.96. The summed E-state index contributed by atoms with van der Waals surface area (Å²) in [6.07, 6.45) is 0.927. The van der Waals surface area contributed by atoms with Gasteiger partial charge in [0.25, 0.3) is 0 Å². The summed E-state index contributed by atoms with van der Waals surface area (Å²) in [4.78, 5) is 24.4. The lowest BCUT2D eigenvalue weighted by molar-refractivity contribution is -0.125. The Morgan fingerprint density at radius 3 is 2.92 bits per heavy atom. The summed E-state index contributed by atoms with van der Waals surface area (Å²) in [6.45, 7) is 3.86. The molecule has 0 aliphatic carbocycles. The number of halogens is 1. The summed E-state index contributed by atoms with van der Waals surface area (Å²) in [5.41, 5.74) is 1.50. The molecule has 1 aromatic carbocycles. The number of rotatable bonds is 5. The number of aromatic nitrogens is 2. The van der Waals surface area contributed by atoms with Crippen LogP contribution in [0.1, 0.15) is 37.3 Å². The number of benzene rings is 1. The van der Waals surface area contributed by atoms with E-state index in [0.717, 1.165) is 17.7 Å². The molecule has 2 amide bonds. The molecule has 2 heterocycles. The van der Waals surface area contributed by atoms with Crippen LogP contribution < -0.4 is 16.0 Å². The van der Waals surface area contributed by atoms with E-state index in [0.29, 0.717) is 17.3 Å². The van der Waals surface area contributed by atoms with Gasteiger partial charge in [-0.15, -0.1) is 0 Å². The van der Waals surface area contributed by atoms with Gasteiger partial charge < -0.3 is 10.6 Å². The molecule has 2 aromatic rings. The van der Waals surface area contributed by atoms with Gasteiger partial charge in [0, 0.05) is 23.6 Å². The standard InChI is InChI=1S/C18H22ClN5O2/c1-3-13-10-17(26)22-18(20-13)24-15(8-11(2)23-24)21-16(25)9-12-6-4-5-7-14(12)19/h4-8,13,18,20H,3,9-10H2,1-2H3,(H,21,25)(H,22,26). The first kappa shape index (κ1) is 18.4. The van der Waals surface area contributed by atoms with Gasteiger partial charge in [-0.1, -0.05) is 36.7 Å². The van der Waals surface area contributed by atoms with Crippen molar-refractivity contribution in [1.29, 1.82) is 0 Å². The third-order valence-corrected chi connectivity index (χ3v) is 4.66. The molecule has 2 unspecified atom stereocenters. The largest absolute Gasteiger partial charge is 0.322 e. The number of nitrogens with zero attached hydrogens (tertiary/aromatic N) is 2. The van der Waals surface area contributed by atoms with E-state index < -0.39 is 6.29 Å². The molecular weight excluding hydrogens is 354 g/mol. The number of anilines is 1. The highest BCUT2D eigenvalue weighted by molar-refractivity contribution is 6.31. The van der Waals surface area contributed by atoms with Gasteiger partial charge in [0.15, 0.2) is 6.29 Å². The van der Waals surface area contributed by atoms with Crippen LogP contribution in [0.2, 0.25) is 5.02 Å². The Bertz CT molecular complexity index is 820. The lowest BCUT2D eigenvalue weighted by atomic mass is 10.1. The Kier molecular flexibility index (Phi) is 5.58. The second-order valence-electron chi connectivity index (χ2n) is 6.38. The number of nitrogens with one attached hydrogen (secondary N) is 3. The first-order chi connectivity index (χ1) is 12.5. The minimum Gasteiger partial charge on any atom is -0.322 e. The predicted molar refractivity (Wildman–Crippen MR) is 99.8 cm³/mol. The topological polar surface area (TPSA) is 88.1 Å². The number of amides is 2. The molecule has 1 fully saturated rings. The van der Waals surface area contributed by atoms with Crippen molar-refractivity contribution in [3.05, 3.63) is 46.6 Å². The van der Waals surface area contributed by atoms with Gasteiger partial charge in [-0.25, -0.2) is 4.68 Å². The van der Waals surface area contributed by atoms with Crippen molar-refractivity contribution in [1.82, 2.24) is 20.4 Å². The van der Waals surface area contributed by atoms with E-state index in [9.17, 15) is 9.59 Å². The lowest BCUT2D eigenvalue weighted by Gasteiger charge is -2.31. The van der Waals surface area contributed by atoms with Crippen LogP contribution in [-0.4, -0.2) is 27.6 Å². The van der Waals surface area contributed by atoms with Gasteiger partial charge in [0.1, 0.15) is 5.82 Å². The van der Waals surface area contributed by atoms with E-state index in [1.54, 1.807) is 16.8 Å². The molecule has 26 heavy (non-hydrogen) atoms. The molecule has 1 saturated heterocycles. The number of hydrogen-bond donors (Lipinski definition) is 3. The van der Waals surface area contributed by atoms with E-state index >= 15 is 0 Å². The molecule has 0 spiro atoms. The van der Waals surface area contributed by atoms with Crippen molar-refractivity contribution in [2.24, 2.45) is 0 Å². The maximum Gasteiger partial charge on any atom is 0.229 e. The fraction of sp³-hybridized carbons (Fsp3) is 0.389. The molecule has 1 aliphatic rings. The van der Waals surface area contributed by atoms with E-state index in [1.165, 1.54) is 0 Å². The number of carbonyl (C=O) groups is 2. The Balaban J connectivity index is 1.76. The molecule has 8 heteroatoms. The van der Waals surface area contributed by atoms with E-state index in [2.05, 4.69) is 21.0 Å². The summed E-state index contributed by atoms with van der Waals surface area (Å²) in [7, 11) is 0. The minimum atomic E-state index is -0.495. The van der Waals surface area contributed by atoms with Crippen molar-refractivity contribution in [2.75, 3.05) is 5.32 Å². The average Bonchev–Trinajstić information content (AvgIpc) is 2.96. The Labute approximate surface area is 157 Å². The Hall–Kier alpha value is -2.38. The normalized spacial score (nSPS) is 19.9. The zero-order valence-electron chi connectivity index (χ0n) is 14.8. The monoisotopic (exact) mass is 375 g/mol. The van der Waals surface area contributed by atoms with Gasteiger partial charge in [-0.3, -0.25) is 14.9 Å². The predicted octanol–water partition coefficient (Wildman–Crippen LogP) is 2.37. The molecule has 3 N–H and O–H groups in total. The van der Waals surface area contributed by atoms with Crippen LogP contribution in [0, 0.1) is 6.92 Å². The van der Waals surface area contributed by atoms with Gasteiger partial charge >= 0.3 is 0 Å². The lowest BCUT2D eigenvalue weighted by Crippen LogP contribution is -2.53. The highest BCUT2D eigenvalue weighted by Gasteiger charge is 2.28. The van der Waals surface area contributed by atoms with Crippen LogP contribution >= 0.6 is 11.6 Å². The molecule has 7 nitrogen and oxygen atoms in total. The van der Waals surface area contributed by atoms with Crippen molar-refractivity contribution in [2.45, 2.75) is 45.4 Å². The highest BCUT2D eigenvalue weighted by Crippen LogP contribution is 2.20. The molecule has 3 rings (SSSR count). The highest BCUT2D eigenvalue weighted by atomic mass is 35.5. The van der Waals surface area contributed by atoms with Gasteiger partial charge in [0.2, 0.25) is 11.8 Å². The fourth-order valence-corrected chi connectivity index (χ4v) is 3.16. The van der Waals surface area contributed by atoms with Crippen LogP contribution in [0.15, 0.2) is 30.3 Å². The summed E-state index contributed by atoms with van der Waals surface area (Å²) in [6, 6.07) is 9.08. The number of aryl methyl sites for hydroxylation is 1. The first-order valence-electron chi connectivity index (χ1n) is 8.61. The van der Waals surface area contributed by atoms with Crippen LogP contribution in [-0.2, 0) is 16.0 Å². The summed E-state index contributed by atoms with van der Waals surface area (Å²) < 4.78 is 1.60. The van der Waals surface area contributed by atoms with Crippen molar-refractivity contribution in [3.63, 3.8) is 0 Å². The molecule has 0 saturated carbocycles. The second-order valence-corrected chi connectivity index (χ2v) is 6.79. The zero-order chi connectivity index (χ0) is 18.7. The number of carbonyl (C=O) groups excluding carboxylic acids is 2. The third kappa shape index (κ3) is 4.23. The summed E-state index contributed by atoms with van der Waals surface area (Å²) >= 11 is 6.12. The summed E-state index contributed by atoms with van der Waals surface area (Å²) in [5.74, 6) is 0.282. The van der Waals surface area contributed by atoms with Crippen LogP contribution in [0.3, 0.4) is 0 Å². The van der Waals surface area contributed by atoms with Crippen molar-refractivity contribution < 1.29 is 9.59 Å². The third-order valence-electron chi connectivity index (χ3n) is 4.29. The minimum absolute atomic E-state index is 0.0397. The number of hydrogen-bond acceptors (Lipinski definition) is 4. The van der Waals surface area contributed by atoms with Crippen LogP contribution in [0.5, 0.6) is 0 Å². The Morgan fingerprint density at radius 1 is 1.42 bits per heavy atom. The van der Waals surface area contributed by atoms with E-state index in [4.69, 9.17) is 11.6 Å². The van der Waals surface area contributed by atoms with E-state index in [1.807, 2.05) is 32.0 Å². The molecular formula is C18H22ClN5O2. The van der Waals surface area contributed by atoms with Gasteiger partial charge in [-0.05, 0) is 25.0 Å². The molecule has 2 atom stereocenters.